The Bertz CT molecular complexity index is 1140. The number of nitrogens with one attached hydrogen (secondary N) is 2. The molecule has 0 bridgehead atoms. The molecule has 3 aromatic rings. The third-order valence-electron chi connectivity index (χ3n) is 5.48. The predicted octanol–water partition coefficient (Wildman–Crippen LogP) is 3.47. The quantitative estimate of drug-likeness (QED) is 0.599. The molecule has 0 unspecified atom stereocenters. The number of fused-ring (bicyclic) bond motifs is 1. The van der Waals surface area contributed by atoms with Crippen molar-refractivity contribution in [2.45, 2.75) is 6.54 Å². The van der Waals surface area contributed by atoms with Crippen molar-refractivity contribution < 1.29 is 19.1 Å². The van der Waals surface area contributed by atoms with Gasteiger partial charge in [-0.25, -0.2) is 9.78 Å². The highest BCUT2D eigenvalue weighted by Gasteiger charge is 2.24. The average Bonchev–Trinajstić information content (AvgIpc) is 3.49. The van der Waals surface area contributed by atoms with Gasteiger partial charge in [-0.2, -0.15) is 0 Å². The van der Waals surface area contributed by atoms with Crippen LogP contribution in [0.5, 0.6) is 11.5 Å². The lowest BCUT2D eigenvalue weighted by atomic mass is 10.1. The first-order valence-corrected chi connectivity index (χ1v) is 11.5. The molecule has 0 aliphatic carbocycles. The molecule has 1 saturated heterocycles. The lowest BCUT2D eigenvalue weighted by Gasteiger charge is -2.34. The minimum absolute atomic E-state index is 0.120. The smallest absolute Gasteiger partial charge is 0.325 e. The van der Waals surface area contributed by atoms with Crippen LogP contribution in [0.1, 0.15) is 16.1 Å². The summed E-state index contributed by atoms with van der Waals surface area (Å²) >= 11 is 1.23. The van der Waals surface area contributed by atoms with Gasteiger partial charge in [0, 0.05) is 43.8 Å². The van der Waals surface area contributed by atoms with Crippen LogP contribution in [0.25, 0.3) is 0 Å². The molecule has 0 spiro atoms. The van der Waals surface area contributed by atoms with Gasteiger partial charge in [-0.15, -0.1) is 11.3 Å². The lowest BCUT2D eigenvalue weighted by molar-refractivity contribution is 0.0623. The van der Waals surface area contributed by atoms with E-state index in [9.17, 15) is 9.59 Å². The molecule has 9 nitrogen and oxygen atoms in total. The summed E-state index contributed by atoms with van der Waals surface area (Å²) in [4.78, 5) is 33.4. The number of thiazole rings is 1. The van der Waals surface area contributed by atoms with Gasteiger partial charge in [0.2, 0.25) is 6.79 Å². The molecule has 5 rings (SSSR count). The molecule has 2 aliphatic heterocycles. The number of rotatable bonds is 5. The SMILES string of the molecule is O=C(Nc1ccccc1)Nc1nc(C(=O)N2CCN(Cc3ccc4c(c3)OCO4)CC2)cs1. The van der Waals surface area contributed by atoms with Crippen LogP contribution in [0, 0.1) is 0 Å². The number of aromatic nitrogens is 1. The zero-order valence-electron chi connectivity index (χ0n) is 17.8. The number of anilines is 2. The van der Waals surface area contributed by atoms with E-state index in [2.05, 4.69) is 20.5 Å². The summed E-state index contributed by atoms with van der Waals surface area (Å²) in [6, 6.07) is 14.7. The Morgan fingerprint density at radius 1 is 0.970 bits per heavy atom. The fraction of sp³-hybridized carbons (Fsp3) is 0.261. The fourth-order valence-electron chi connectivity index (χ4n) is 3.78. The molecule has 2 aromatic carbocycles. The number of piperazine rings is 1. The van der Waals surface area contributed by atoms with Crippen molar-refractivity contribution >= 4 is 34.1 Å². The van der Waals surface area contributed by atoms with Gasteiger partial charge in [0.05, 0.1) is 0 Å². The van der Waals surface area contributed by atoms with Gasteiger partial charge in [0.1, 0.15) is 5.69 Å². The number of hydrogen-bond acceptors (Lipinski definition) is 7. The molecule has 170 valence electrons. The number of amides is 3. The molecule has 1 fully saturated rings. The highest BCUT2D eigenvalue weighted by molar-refractivity contribution is 7.14. The molecule has 0 saturated carbocycles. The average molecular weight is 466 g/mol. The van der Waals surface area contributed by atoms with Gasteiger partial charge in [0.25, 0.3) is 5.91 Å². The maximum atomic E-state index is 12.9. The standard InChI is InChI=1S/C23H23N5O4S/c29-21(18-14-33-23(25-18)26-22(30)24-17-4-2-1-3-5-17)28-10-8-27(9-11-28)13-16-6-7-19-20(12-16)32-15-31-19/h1-7,12,14H,8-11,13,15H2,(H2,24,25,26,30). The van der Waals surface area contributed by atoms with Crippen molar-refractivity contribution in [3.05, 3.63) is 65.2 Å². The van der Waals surface area contributed by atoms with E-state index in [1.807, 2.05) is 36.4 Å². The van der Waals surface area contributed by atoms with Crippen LogP contribution in [-0.4, -0.2) is 59.7 Å². The largest absolute Gasteiger partial charge is 0.454 e. The number of para-hydroxylation sites is 1. The Kier molecular flexibility index (Phi) is 6.09. The number of carbonyl (C=O) groups excluding carboxylic acids is 2. The second-order valence-electron chi connectivity index (χ2n) is 7.74. The van der Waals surface area contributed by atoms with E-state index in [4.69, 9.17) is 9.47 Å². The van der Waals surface area contributed by atoms with Gasteiger partial charge in [-0.05, 0) is 29.8 Å². The highest BCUT2D eigenvalue weighted by atomic mass is 32.1. The number of nitrogens with zero attached hydrogens (tertiary/aromatic N) is 3. The van der Waals surface area contributed by atoms with Gasteiger partial charge in [-0.1, -0.05) is 24.3 Å². The molecule has 3 amide bonds. The normalized spacial score (nSPS) is 15.3. The first kappa shape index (κ1) is 21.2. The minimum atomic E-state index is -0.397. The van der Waals surface area contributed by atoms with Crippen LogP contribution < -0.4 is 20.1 Å². The lowest BCUT2D eigenvalue weighted by Crippen LogP contribution is -2.48. The molecule has 1 aromatic heterocycles. The zero-order valence-corrected chi connectivity index (χ0v) is 18.6. The molecule has 0 radical (unpaired) electrons. The van der Waals surface area contributed by atoms with Crippen LogP contribution >= 0.6 is 11.3 Å². The van der Waals surface area contributed by atoms with Crippen molar-refractivity contribution in [2.24, 2.45) is 0 Å². The summed E-state index contributed by atoms with van der Waals surface area (Å²) in [5.74, 6) is 1.45. The Morgan fingerprint density at radius 2 is 1.76 bits per heavy atom. The number of hydrogen-bond donors (Lipinski definition) is 2. The summed E-state index contributed by atoms with van der Waals surface area (Å²) in [5.41, 5.74) is 2.18. The first-order valence-electron chi connectivity index (χ1n) is 10.6. The number of carbonyl (C=O) groups is 2. The Morgan fingerprint density at radius 3 is 2.58 bits per heavy atom. The van der Waals surface area contributed by atoms with E-state index < -0.39 is 6.03 Å². The van der Waals surface area contributed by atoms with Crippen molar-refractivity contribution in [1.29, 1.82) is 0 Å². The molecular weight excluding hydrogens is 442 g/mol. The van der Waals surface area contributed by atoms with Gasteiger partial charge in [0.15, 0.2) is 16.6 Å². The van der Waals surface area contributed by atoms with Crippen molar-refractivity contribution in [1.82, 2.24) is 14.8 Å². The summed E-state index contributed by atoms with van der Waals surface area (Å²) < 4.78 is 10.8. The monoisotopic (exact) mass is 465 g/mol. The molecule has 33 heavy (non-hydrogen) atoms. The fourth-order valence-corrected chi connectivity index (χ4v) is 4.46. The summed E-state index contributed by atoms with van der Waals surface area (Å²) in [5, 5.41) is 7.47. The molecule has 2 N–H and O–H groups in total. The first-order chi connectivity index (χ1) is 16.1. The van der Waals surface area contributed by atoms with Crippen molar-refractivity contribution in [2.75, 3.05) is 43.6 Å². The Balaban J connectivity index is 1.11. The maximum Gasteiger partial charge on any atom is 0.325 e. The van der Waals surface area contributed by atoms with Gasteiger partial charge < -0.3 is 19.7 Å². The van der Waals surface area contributed by atoms with Gasteiger partial charge >= 0.3 is 6.03 Å². The van der Waals surface area contributed by atoms with E-state index in [1.165, 1.54) is 11.3 Å². The Hall–Kier alpha value is -3.63. The van der Waals surface area contributed by atoms with Crippen molar-refractivity contribution in [3.63, 3.8) is 0 Å². The van der Waals surface area contributed by atoms with Crippen LogP contribution in [0.3, 0.4) is 0 Å². The minimum Gasteiger partial charge on any atom is -0.454 e. The van der Waals surface area contributed by atoms with Crippen LogP contribution in [-0.2, 0) is 6.54 Å². The van der Waals surface area contributed by atoms with Crippen LogP contribution in [0.15, 0.2) is 53.9 Å². The van der Waals surface area contributed by atoms with E-state index in [0.29, 0.717) is 29.6 Å². The van der Waals surface area contributed by atoms with E-state index >= 15 is 0 Å². The summed E-state index contributed by atoms with van der Waals surface area (Å²) in [7, 11) is 0. The van der Waals surface area contributed by atoms with E-state index in [-0.39, 0.29) is 12.7 Å². The Labute approximate surface area is 194 Å². The number of benzene rings is 2. The van der Waals surface area contributed by atoms with Crippen LogP contribution in [0.2, 0.25) is 0 Å². The highest BCUT2D eigenvalue weighted by Crippen LogP contribution is 2.32. The van der Waals surface area contributed by atoms with E-state index in [1.54, 1.807) is 22.4 Å². The molecule has 0 atom stereocenters. The summed E-state index contributed by atoms with van der Waals surface area (Å²) in [6.45, 7) is 3.85. The second-order valence-corrected chi connectivity index (χ2v) is 8.60. The zero-order chi connectivity index (χ0) is 22.6. The van der Waals surface area contributed by atoms with Crippen LogP contribution in [0.4, 0.5) is 15.6 Å². The third kappa shape index (κ3) is 5.07. The molecule has 10 heteroatoms. The van der Waals surface area contributed by atoms with E-state index in [0.717, 1.165) is 36.7 Å². The molecule has 2 aliphatic rings. The number of ether oxygens (including phenoxy) is 2. The maximum absolute atomic E-state index is 12.9. The third-order valence-corrected chi connectivity index (χ3v) is 6.24. The topological polar surface area (TPSA) is 96.0 Å². The number of urea groups is 1. The van der Waals surface area contributed by atoms with Gasteiger partial charge in [-0.3, -0.25) is 15.0 Å². The molecule has 3 heterocycles. The second kappa shape index (κ2) is 9.47. The molecular formula is C23H23N5O4S. The van der Waals surface area contributed by atoms with Crippen molar-refractivity contribution in [3.8, 4) is 11.5 Å². The predicted molar refractivity (Wildman–Crippen MR) is 125 cm³/mol. The summed E-state index contributed by atoms with van der Waals surface area (Å²) in [6.07, 6.45) is 0.